The van der Waals surface area contributed by atoms with Gasteiger partial charge in [0.15, 0.2) is 0 Å². The molecule has 29 heavy (non-hydrogen) atoms. The maximum atomic E-state index is 13.0. The van der Waals surface area contributed by atoms with Crippen molar-refractivity contribution in [2.45, 2.75) is 26.5 Å². The molecule has 1 aromatic heterocycles. The summed E-state index contributed by atoms with van der Waals surface area (Å²) in [6.07, 6.45) is 0. The van der Waals surface area contributed by atoms with Gasteiger partial charge in [-0.3, -0.25) is 4.79 Å². The Hall–Kier alpha value is -2.93. The van der Waals surface area contributed by atoms with Crippen LogP contribution >= 0.6 is 11.3 Å². The largest absolute Gasteiger partial charge is 0.493 e. The van der Waals surface area contributed by atoms with Crippen molar-refractivity contribution in [3.05, 3.63) is 75.5 Å². The number of hydrogen-bond donors (Lipinski definition) is 1. The zero-order valence-corrected chi connectivity index (χ0v) is 17.0. The summed E-state index contributed by atoms with van der Waals surface area (Å²) in [5.74, 6) is 1.05. The summed E-state index contributed by atoms with van der Waals surface area (Å²) in [6.45, 7) is 4.65. The number of carbonyl (C=O) groups is 1. The molecule has 0 aliphatic carbocycles. The molecule has 0 fully saturated rings. The minimum absolute atomic E-state index is 0.118. The topological polar surface area (TPSA) is 60.5 Å². The Bertz CT molecular complexity index is 1020. The number of ether oxygens (including phenoxy) is 2. The summed E-state index contributed by atoms with van der Waals surface area (Å²) in [7, 11) is 0. The van der Waals surface area contributed by atoms with Gasteiger partial charge in [0.25, 0.3) is 5.91 Å². The molecule has 0 radical (unpaired) electrons. The molecule has 0 bridgehead atoms. The monoisotopic (exact) mass is 412 g/mol. The third kappa shape index (κ3) is 4.24. The van der Waals surface area contributed by atoms with Gasteiger partial charge >= 0.3 is 0 Å². The Morgan fingerprint density at radius 2 is 2.03 bits per heavy atom. The minimum atomic E-state index is -0.315. The number of aromatic nitrogens is 1. The molecule has 5 nitrogen and oxygen atoms in total. The minimum Gasteiger partial charge on any atom is -0.493 e. The first-order valence-electron chi connectivity index (χ1n) is 9.38. The van der Waals surface area contributed by atoms with Crippen LogP contribution in [0, 0.1) is 18.7 Å². The van der Waals surface area contributed by atoms with E-state index >= 15 is 0 Å². The smallest absolute Gasteiger partial charge is 0.263 e. The lowest BCUT2D eigenvalue weighted by atomic mass is 9.92. The predicted molar refractivity (Wildman–Crippen MR) is 109 cm³/mol. The van der Waals surface area contributed by atoms with E-state index in [2.05, 4.69) is 17.2 Å². The van der Waals surface area contributed by atoms with E-state index < -0.39 is 0 Å². The van der Waals surface area contributed by atoms with E-state index in [4.69, 9.17) is 9.47 Å². The van der Waals surface area contributed by atoms with Crippen LogP contribution in [0.15, 0.2) is 48.5 Å². The van der Waals surface area contributed by atoms with Gasteiger partial charge in [-0.05, 0) is 37.3 Å². The van der Waals surface area contributed by atoms with Gasteiger partial charge in [0, 0.05) is 11.5 Å². The Labute approximate surface area is 172 Å². The van der Waals surface area contributed by atoms with Crippen molar-refractivity contribution in [2.24, 2.45) is 5.92 Å². The number of amides is 1. The van der Waals surface area contributed by atoms with Crippen LogP contribution in [0.5, 0.6) is 11.5 Å². The van der Waals surface area contributed by atoms with Crippen molar-refractivity contribution < 1.29 is 18.7 Å². The number of carbonyl (C=O) groups excluding carboxylic acids is 1. The first kappa shape index (κ1) is 19.4. The van der Waals surface area contributed by atoms with Gasteiger partial charge in [0.2, 0.25) is 0 Å². The van der Waals surface area contributed by atoms with Crippen LogP contribution in [0.3, 0.4) is 0 Å². The second-order valence-corrected chi connectivity index (χ2v) is 8.13. The quantitative estimate of drug-likeness (QED) is 0.662. The molecule has 0 saturated carbocycles. The van der Waals surface area contributed by atoms with Gasteiger partial charge in [0.1, 0.15) is 33.8 Å². The lowest BCUT2D eigenvalue weighted by molar-refractivity contribution is 0.0901. The van der Waals surface area contributed by atoms with Gasteiger partial charge < -0.3 is 14.8 Å². The Morgan fingerprint density at radius 3 is 2.83 bits per heavy atom. The van der Waals surface area contributed by atoms with Crippen LogP contribution in [0.2, 0.25) is 0 Å². The summed E-state index contributed by atoms with van der Waals surface area (Å²) in [5, 5.41) is 3.84. The van der Waals surface area contributed by atoms with E-state index in [-0.39, 0.29) is 30.3 Å². The number of nitrogens with one attached hydrogen (secondary N) is 1. The van der Waals surface area contributed by atoms with Crippen molar-refractivity contribution in [1.82, 2.24) is 10.3 Å². The molecule has 0 spiro atoms. The van der Waals surface area contributed by atoms with Crippen molar-refractivity contribution in [3.63, 3.8) is 0 Å². The number of para-hydroxylation sites is 1. The zero-order valence-electron chi connectivity index (χ0n) is 16.1. The molecule has 4 rings (SSSR count). The van der Waals surface area contributed by atoms with Gasteiger partial charge in [-0.25, -0.2) is 9.37 Å². The molecular formula is C22H21FN2O3S. The maximum absolute atomic E-state index is 13.0. The number of rotatable bonds is 5. The fourth-order valence-corrected chi connectivity index (χ4v) is 4.20. The molecule has 0 saturated heterocycles. The normalized spacial score (nSPS) is 17.9. The number of hydrogen-bond acceptors (Lipinski definition) is 5. The standard InChI is InChI=1S/C22H21FN2O3S/c1-13-11-28-18-6-4-3-5-17(18)20(13)25-22(26)21-14(2)24-19(29-21)12-27-16-9-7-15(23)8-10-16/h3-10,13,20H,11-12H2,1-2H3,(H,25,26). The lowest BCUT2D eigenvalue weighted by Gasteiger charge is -2.32. The molecule has 1 aliphatic rings. The number of thiazole rings is 1. The number of benzene rings is 2. The number of nitrogens with zero attached hydrogens (tertiary/aromatic N) is 1. The first-order valence-corrected chi connectivity index (χ1v) is 10.2. The third-order valence-electron chi connectivity index (χ3n) is 4.83. The van der Waals surface area contributed by atoms with E-state index in [1.54, 1.807) is 12.1 Å². The third-order valence-corrected chi connectivity index (χ3v) is 5.96. The van der Waals surface area contributed by atoms with E-state index in [9.17, 15) is 9.18 Å². The van der Waals surface area contributed by atoms with Gasteiger partial charge in [-0.1, -0.05) is 25.1 Å². The molecule has 1 aliphatic heterocycles. The summed E-state index contributed by atoms with van der Waals surface area (Å²) in [6, 6.07) is 13.5. The van der Waals surface area contributed by atoms with Crippen molar-refractivity contribution >= 4 is 17.2 Å². The number of aryl methyl sites for hydroxylation is 1. The second-order valence-electron chi connectivity index (χ2n) is 7.04. The Balaban J connectivity index is 1.46. The first-order chi connectivity index (χ1) is 14.0. The zero-order chi connectivity index (χ0) is 20.4. The second kappa shape index (κ2) is 8.21. The van der Waals surface area contributed by atoms with E-state index in [1.807, 2.05) is 31.2 Å². The molecule has 2 atom stereocenters. The molecule has 2 aromatic carbocycles. The van der Waals surface area contributed by atoms with Crippen LogP contribution in [0.25, 0.3) is 0 Å². The highest BCUT2D eigenvalue weighted by Gasteiger charge is 2.30. The molecule has 1 amide bonds. The van der Waals surface area contributed by atoms with Gasteiger partial charge in [0.05, 0.1) is 18.3 Å². The lowest BCUT2D eigenvalue weighted by Crippen LogP contribution is -2.37. The predicted octanol–water partition coefficient (Wildman–Crippen LogP) is 4.67. The van der Waals surface area contributed by atoms with E-state index in [1.165, 1.54) is 23.5 Å². The van der Waals surface area contributed by atoms with Gasteiger partial charge in [-0.2, -0.15) is 0 Å². The van der Waals surface area contributed by atoms with Crippen LogP contribution < -0.4 is 14.8 Å². The number of fused-ring (bicyclic) bond motifs is 1. The summed E-state index contributed by atoms with van der Waals surface area (Å²) < 4.78 is 24.4. The van der Waals surface area contributed by atoms with Crippen molar-refractivity contribution in [2.75, 3.05) is 6.61 Å². The highest BCUT2D eigenvalue weighted by molar-refractivity contribution is 7.13. The molecule has 150 valence electrons. The number of halogens is 1. The highest BCUT2D eigenvalue weighted by atomic mass is 32.1. The Kier molecular flexibility index (Phi) is 5.49. The molecule has 2 heterocycles. The van der Waals surface area contributed by atoms with E-state index in [0.29, 0.717) is 27.9 Å². The van der Waals surface area contributed by atoms with E-state index in [0.717, 1.165) is 11.3 Å². The molecular weight excluding hydrogens is 391 g/mol. The highest BCUT2D eigenvalue weighted by Crippen LogP contribution is 2.35. The summed E-state index contributed by atoms with van der Waals surface area (Å²) >= 11 is 1.31. The average molecular weight is 412 g/mol. The molecule has 7 heteroatoms. The van der Waals surface area contributed by atoms with Crippen LogP contribution in [-0.4, -0.2) is 17.5 Å². The van der Waals surface area contributed by atoms with Crippen LogP contribution in [0.4, 0.5) is 4.39 Å². The van der Waals surface area contributed by atoms with Crippen LogP contribution in [0.1, 0.15) is 38.9 Å². The van der Waals surface area contributed by atoms with Crippen molar-refractivity contribution in [3.8, 4) is 11.5 Å². The van der Waals surface area contributed by atoms with Gasteiger partial charge in [-0.15, -0.1) is 11.3 Å². The SMILES string of the molecule is Cc1nc(COc2ccc(F)cc2)sc1C(=O)NC1c2ccccc2OCC1C. The fourth-order valence-electron chi connectivity index (χ4n) is 3.32. The Morgan fingerprint density at radius 1 is 1.28 bits per heavy atom. The van der Waals surface area contributed by atoms with Crippen LogP contribution in [-0.2, 0) is 6.61 Å². The maximum Gasteiger partial charge on any atom is 0.263 e. The molecule has 2 unspecified atom stereocenters. The average Bonchev–Trinajstić information content (AvgIpc) is 3.10. The summed E-state index contributed by atoms with van der Waals surface area (Å²) in [5.41, 5.74) is 1.65. The summed E-state index contributed by atoms with van der Waals surface area (Å²) in [4.78, 5) is 18.0. The van der Waals surface area contributed by atoms with Crippen molar-refractivity contribution in [1.29, 1.82) is 0 Å². The molecule has 1 N–H and O–H groups in total. The fraction of sp³-hybridized carbons (Fsp3) is 0.273. The molecule has 3 aromatic rings.